The Labute approximate surface area is 151 Å². The van der Waals surface area contributed by atoms with Crippen LogP contribution in [0.2, 0.25) is 0 Å². The first-order chi connectivity index (χ1) is 12.2. The molecule has 0 aliphatic carbocycles. The van der Waals surface area contributed by atoms with Crippen molar-refractivity contribution in [2.75, 3.05) is 20.2 Å². The van der Waals surface area contributed by atoms with E-state index in [-0.39, 0.29) is 17.9 Å². The smallest absolute Gasteiger partial charge is 0.251 e. The summed E-state index contributed by atoms with van der Waals surface area (Å²) >= 11 is 1.66. The van der Waals surface area contributed by atoms with Gasteiger partial charge < -0.3 is 15.4 Å². The van der Waals surface area contributed by atoms with Crippen molar-refractivity contribution in [3.05, 3.63) is 57.3 Å². The largest absolute Gasteiger partial charge is 0.372 e. The Kier molecular flexibility index (Phi) is 5.83. The Morgan fingerprint density at radius 1 is 1.32 bits per heavy atom. The highest BCUT2D eigenvalue weighted by molar-refractivity contribution is 7.10. The highest BCUT2D eigenvalue weighted by Gasteiger charge is 2.24. The molecule has 2 amide bonds. The van der Waals surface area contributed by atoms with E-state index in [4.69, 9.17) is 4.74 Å². The summed E-state index contributed by atoms with van der Waals surface area (Å²) in [5.41, 5.74) is 2.96. The maximum absolute atomic E-state index is 12.2. The predicted molar refractivity (Wildman–Crippen MR) is 97.9 cm³/mol. The zero-order chi connectivity index (χ0) is 17.6. The number of nitrogens with one attached hydrogen (secondary N) is 2. The van der Waals surface area contributed by atoms with Crippen molar-refractivity contribution in [1.82, 2.24) is 10.6 Å². The van der Waals surface area contributed by atoms with Gasteiger partial charge in [-0.25, -0.2) is 0 Å². The highest BCUT2D eigenvalue weighted by Crippen LogP contribution is 2.33. The second kappa shape index (κ2) is 8.27. The van der Waals surface area contributed by atoms with Gasteiger partial charge in [0.25, 0.3) is 5.91 Å². The minimum Gasteiger partial charge on any atom is -0.372 e. The van der Waals surface area contributed by atoms with Crippen LogP contribution in [-0.2, 0) is 22.4 Å². The van der Waals surface area contributed by atoms with Crippen molar-refractivity contribution in [1.29, 1.82) is 0 Å². The van der Waals surface area contributed by atoms with Crippen molar-refractivity contribution in [2.45, 2.75) is 25.4 Å². The van der Waals surface area contributed by atoms with Gasteiger partial charge in [0.1, 0.15) is 6.10 Å². The van der Waals surface area contributed by atoms with Gasteiger partial charge in [-0.3, -0.25) is 9.59 Å². The molecule has 1 unspecified atom stereocenters. The highest BCUT2D eigenvalue weighted by atomic mass is 32.1. The first kappa shape index (κ1) is 17.6. The maximum atomic E-state index is 12.2. The molecule has 0 spiro atoms. The van der Waals surface area contributed by atoms with Gasteiger partial charge in [-0.1, -0.05) is 12.1 Å². The van der Waals surface area contributed by atoms with E-state index < -0.39 is 0 Å². The number of carbonyl (C=O) groups excluding carboxylic acids is 2. The van der Waals surface area contributed by atoms with Crippen LogP contribution >= 0.6 is 11.3 Å². The fourth-order valence-corrected chi connectivity index (χ4v) is 3.98. The molecular formula is C19H22N2O3S. The molecule has 3 rings (SSSR count). The van der Waals surface area contributed by atoms with Crippen LogP contribution in [0, 0.1) is 0 Å². The molecular weight excluding hydrogens is 336 g/mol. The number of carbonyl (C=O) groups is 2. The SMILES string of the molecule is CNC(=O)c1cccc(CCNC(=O)CC2OCCc3ccsc32)c1. The number of hydrogen-bond acceptors (Lipinski definition) is 4. The predicted octanol–water partition coefficient (Wildman–Crippen LogP) is 2.47. The van der Waals surface area contributed by atoms with Gasteiger partial charge in [0, 0.05) is 24.0 Å². The number of ether oxygens (including phenoxy) is 1. The Morgan fingerprint density at radius 3 is 3.04 bits per heavy atom. The van der Waals surface area contributed by atoms with Gasteiger partial charge in [-0.05, 0) is 47.5 Å². The Bertz CT molecular complexity index is 757. The molecule has 1 aliphatic rings. The molecule has 6 heteroatoms. The molecule has 132 valence electrons. The number of thiophene rings is 1. The molecule has 1 atom stereocenters. The third kappa shape index (κ3) is 4.46. The van der Waals surface area contributed by atoms with Crippen LogP contribution < -0.4 is 10.6 Å². The molecule has 1 aliphatic heterocycles. The van der Waals surface area contributed by atoms with E-state index in [1.165, 1.54) is 10.4 Å². The fraction of sp³-hybridized carbons (Fsp3) is 0.368. The monoisotopic (exact) mass is 358 g/mol. The van der Waals surface area contributed by atoms with E-state index in [1.54, 1.807) is 24.5 Å². The topological polar surface area (TPSA) is 67.4 Å². The molecule has 2 aromatic rings. The molecule has 25 heavy (non-hydrogen) atoms. The zero-order valence-electron chi connectivity index (χ0n) is 14.2. The van der Waals surface area contributed by atoms with Gasteiger partial charge in [-0.2, -0.15) is 0 Å². The first-order valence-corrected chi connectivity index (χ1v) is 9.31. The molecule has 0 saturated heterocycles. The average molecular weight is 358 g/mol. The van der Waals surface area contributed by atoms with Crippen LogP contribution in [0.5, 0.6) is 0 Å². The minimum atomic E-state index is -0.125. The Hall–Kier alpha value is -2.18. The van der Waals surface area contributed by atoms with E-state index >= 15 is 0 Å². The molecule has 2 N–H and O–H groups in total. The van der Waals surface area contributed by atoms with E-state index in [1.807, 2.05) is 18.2 Å². The third-order valence-electron chi connectivity index (χ3n) is 4.29. The van der Waals surface area contributed by atoms with Gasteiger partial charge in [0.05, 0.1) is 13.0 Å². The van der Waals surface area contributed by atoms with Crippen LogP contribution in [-0.4, -0.2) is 32.0 Å². The minimum absolute atomic E-state index is 0.00583. The summed E-state index contributed by atoms with van der Waals surface area (Å²) in [6, 6.07) is 9.57. The molecule has 1 aromatic carbocycles. The van der Waals surface area contributed by atoms with Crippen LogP contribution in [0.15, 0.2) is 35.7 Å². The molecule has 0 saturated carbocycles. The van der Waals surface area contributed by atoms with Gasteiger partial charge in [0.2, 0.25) is 5.91 Å². The van der Waals surface area contributed by atoms with Gasteiger partial charge in [-0.15, -0.1) is 11.3 Å². The lowest BCUT2D eigenvalue weighted by Crippen LogP contribution is -2.29. The molecule has 0 radical (unpaired) electrons. The molecule has 2 heterocycles. The van der Waals surface area contributed by atoms with Gasteiger partial charge >= 0.3 is 0 Å². The van der Waals surface area contributed by atoms with Crippen LogP contribution in [0.25, 0.3) is 0 Å². The lowest BCUT2D eigenvalue weighted by atomic mass is 10.1. The van der Waals surface area contributed by atoms with Crippen molar-refractivity contribution in [2.24, 2.45) is 0 Å². The summed E-state index contributed by atoms with van der Waals surface area (Å²) in [4.78, 5) is 25.0. The lowest BCUT2D eigenvalue weighted by molar-refractivity contribution is -0.124. The number of hydrogen-bond donors (Lipinski definition) is 2. The van der Waals surface area contributed by atoms with Crippen LogP contribution in [0.3, 0.4) is 0 Å². The van der Waals surface area contributed by atoms with Crippen molar-refractivity contribution >= 4 is 23.2 Å². The maximum Gasteiger partial charge on any atom is 0.251 e. The average Bonchev–Trinajstić information content (AvgIpc) is 3.11. The summed E-state index contributed by atoms with van der Waals surface area (Å²) in [5, 5.41) is 7.62. The fourth-order valence-electron chi connectivity index (χ4n) is 2.97. The summed E-state index contributed by atoms with van der Waals surface area (Å²) < 4.78 is 5.76. The quantitative estimate of drug-likeness (QED) is 0.834. The van der Waals surface area contributed by atoms with E-state index in [0.717, 1.165) is 12.0 Å². The summed E-state index contributed by atoms with van der Waals surface area (Å²) in [5.74, 6) is -0.110. The van der Waals surface area contributed by atoms with Crippen molar-refractivity contribution in [3.8, 4) is 0 Å². The van der Waals surface area contributed by atoms with Crippen LogP contribution in [0.1, 0.15) is 38.9 Å². The van der Waals surface area contributed by atoms with E-state index in [9.17, 15) is 9.59 Å². The van der Waals surface area contributed by atoms with E-state index in [0.29, 0.717) is 31.6 Å². The zero-order valence-corrected chi connectivity index (χ0v) is 15.0. The van der Waals surface area contributed by atoms with Crippen molar-refractivity contribution in [3.63, 3.8) is 0 Å². The molecule has 0 bridgehead atoms. The number of fused-ring (bicyclic) bond motifs is 1. The second-order valence-corrected chi connectivity index (χ2v) is 6.95. The lowest BCUT2D eigenvalue weighted by Gasteiger charge is -2.22. The third-order valence-corrected chi connectivity index (χ3v) is 5.34. The summed E-state index contributed by atoms with van der Waals surface area (Å²) in [6.07, 6.45) is 1.84. The number of rotatable bonds is 6. The molecule has 0 fully saturated rings. The Morgan fingerprint density at radius 2 is 2.20 bits per heavy atom. The summed E-state index contributed by atoms with van der Waals surface area (Å²) in [6.45, 7) is 1.22. The normalized spacial score (nSPS) is 16.1. The second-order valence-electron chi connectivity index (χ2n) is 6.00. The first-order valence-electron chi connectivity index (χ1n) is 8.43. The molecule has 1 aromatic heterocycles. The number of benzene rings is 1. The Balaban J connectivity index is 1.48. The van der Waals surface area contributed by atoms with Gasteiger partial charge in [0.15, 0.2) is 0 Å². The molecule has 5 nitrogen and oxygen atoms in total. The number of amides is 2. The summed E-state index contributed by atoms with van der Waals surface area (Å²) in [7, 11) is 1.61. The van der Waals surface area contributed by atoms with Crippen molar-refractivity contribution < 1.29 is 14.3 Å². The van der Waals surface area contributed by atoms with E-state index in [2.05, 4.69) is 22.1 Å². The standard InChI is InChI=1S/C19H22N2O3S/c1-20-19(23)15-4-2-3-13(11-15)5-8-21-17(22)12-16-18-14(6-9-24-16)7-10-25-18/h2-4,7,10-11,16H,5-6,8-9,12H2,1H3,(H,20,23)(H,21,22). The van der Waals surface area contributed by atoms with Crippen LogP contribution in [0.4, 0.5) is 0 Å².